The number of nitrogens with zero attached hydrogens (tertiary/aromatic N) is 3. The maximum atomic E-state index is 5.86. The van der Waals surface area contributed by atoms with Gasteiger partial charge in [-0.3, -0.25) is 4.98 Å². The Morgan fingerprint density at radius 3 is 2.81 bits per heavy atom. The summed E-state index contributed by atoms with van der Waals surface area (Å²) in [6.07, 6.45) is 4.31. The predicted octanol–water partition coefficient (Wildman–Crippen LogP) is 4.27. The summed E-state index contributed by atoms with van der Waals surface area (Å²) in [6.45, 7) is 0.205. The fourth-order valence-corrected chi connectivity index (χ4v) is 3.19. The van der Waals surface area contributed by atoms with Gasteiger partial charge >= 0.3 is 0 Å². The van der Waals surface area contributed by atoms with Crippen molar-refractivity contribution in [2.45, 2.75) is 13.0 Å². The van der Waals surface area contributed by atoms with Gasteiger partial charge in [0.15, 0.2) is 6.61 Å². The van der Waals surface area contributed by atoms with Gasteiger partial charge in [-0.1, -0.05) is 36.4 Å². The number of nitrogens with one attached hydrogen (secondary N) is 1. The summed E-state index contributed by atoms with van der Waals surface area (Å²) in [6, 6.07) is 17.9. The van der Waals surface area contributed by atoms with E-state index in [1.807, 2.05) is 54.7 Å². The number of fused-ring (bicyclic) bond motifs is 2. The van der Waals surface area contributed by atoms with Crippen LogP contribution in [-0.4, -0.2) is 20.2 Å². The molecule has 0 radical (unpaired) electrons. The van der Waals surface area contributed by atoms with Gasteiger partial charge in [0.25, 0.3) is 5.89 Å². The van der Waals surface area contributed by atoms with Gasteiger partial charge in [0, 0.05) is 28.7 Å². The van der Waals surface area contributed by atoms with Crippen molar-refractivity contribution >= 4 is 21.8 Å². The normalized spacial score (nSPS) is 11.3. The molecule has 3 aromatic heterocycles. The molecule has 0 aliphatic carbocycles. The first kappa shape index (κ1) is 15.6. The first-order chi connectivity index (χ1) is 13.4. The lowest BCUT2D eigenvalue weighted by atomic mass is 10.1. The Balaban J connectivity index is 1.32. The van der Waals surface area contributed by atoms with Crippen molar-refractivity contribution in [3.05, 3.63) is 84.3 Å². The van der Waals surface area contributed by atoms with E-state index < -0.39 is 0 Å². The number of benzene rings is 2. The van der Waals surface area contributed by atoms with Gasteiger partial charge in [-0.25, -0.2) is 0 Å². The summed E-state index contributed by atoms with van der Waals surface area (Å²) in [5, 5.41) is 10.4. The average molecular weight is 356 g/mol. The van der Waals surface area contributed by atoms with Crippen LogP contribution in [0, 0.1) is 0 Å². The SMILES string of the molecule is c1cnc2c(OCc3nnc(Cc4c[nH]c5ccccc45)o3)cccc2c1. The van der Waals surface area contributed by atoms with Crippen LogP contribution in [-0.2, 0) is 13.0 Å². The minimum Gasteiger partial charge on any atom is -0.482 e. The second-order valence-electron chi connectivity index (χ2n) is 6.25. The van der Waals surface area contributed by atoms with E-state index in [9.17, 15) is 0 Å². The van der Waals surface area contributed by atoms with E-state index in [1.54, 1.807) is 6.20 Å². The Morgan fingerprint density at radius 2 is 1.81 bits per heavy atom. The van der Waals surface area contributed by atoms with Crippen LogP contribution < -0.4 is 4.74 Å². The number of rotatable bonds is 5. The molecule has 0 saturated heterocycles. The minimum absolute atomic E-state index is 0.205. The van der Waals surface area contributed by atoms with Crippen molar-refractivity contribution in [2.75, 3.05) is 0 Å². The minimum atomic E-state index is 0.205. The number of ether oxygens (including phenoxy) is 1. The summed E-state index contributed by atoms with van der Waals surface area (Å²) in [5.41, 5.74) is 3.04. The smallest absolute Gasteiger partial charge is 0.253 e. The molecule has 3 heterocycles. The number of aromatic nitrogens is 4. The van der Waals surface area contributed by atoms with Gasteiger partial charge in [0.1, 0.15) is 11.3 Å². The second kappa shape index (κ2) is 6.57. The van der Waals surface area contributed by atoms with E-state index in [2.05, 4.69) is 26.2 Å². The zero-order chi connectivity index (χ0) is 18.1. The molecule has 0 saturated carbocycles. The molecule has 6 heteroatoms. The van der Waals surface area contributed by atoms with E-state index in [0.29, 0.717) is 24.0 Å². The molecule has 0 aliphatic heterocycles. The fourth-order valence-electron chi connectivity index (χ4n) is 3.19. The lowest BCUT2D eigenvalue weighted by molar-refractivity contribution is 0.262. The number of pyridine rings is 1. The Kier molecular flexibility index (Phi) is 3.79. The molecule has 0 spiro atoms. The lowest BCUT2D eigenvalue weighted by Gasteiger charge is -2.06. The van der Waals surface area contributed by atoms with Crippen molar-refractivity contribution in [1.82, 2.24) is 20.2 Å². The van der Waals surface area contributed by atoms with Crippen LogP contribution in [0.4, 0.5) is 0 Å². The molecule has 2 aromatic carbocycles. The molecule has 0 fully saturated rings. The molecule has 6 nitrogen and oxygen atoms in total. The quantitative estimate of drug-likeness (QED) is 0.509. The van der Waals surface area contributed by atoms with Gasteiger partial charge in [-0.2, -0.15) is 0 Å². The van der Waals surface area contributed by atoms with Gasteiger partial charge in [-0.15, -0.1) is 10.2 Å². The third kappa shape index (κ3) is 3.01. The summed E-state index contributed by atoms with van der Waals surface area (Å²) >= 11 is 0. The summed E-state index contributed by atoms with van der Waals surface area (Å²) in [7, 11) is 0. The second-order valence-corrected chi connectivity index (χ2v) is 6.25. The molecule has 27 heavy (non-hydrogen) atoms. The lowest BCUT2D eigenvalue weighted by Crippen LogP contribution is -1.97. The molecule has 1 N–H and O–H groups in total. The van der Waals surface area contributed by atoms with Crippen LogP contribution in [0.3, 0.4) is 0 Å². The molecule has 0 unspecified atom stereocenters. The van der Waals surface area contributed by atoms with Crippen molar-refractivity contribution in [2.24, 2.45) is 0 Å². The highest BCUT2D eigenvalue weighted by Crippen LogP contribution is 2.24. The van der Waals surface area contributed by atoms with Gasteiger partial charge < -0.3 is 14.1 Å². The molecular formula is C21H16N4O2. The first-order valence-corrected chi connectivity index (χ1v) is 8.69. The number of H-pyrrole nitrogens is 1. The summed E-state index contributed by atoms with van der Waals surface area (Å²) in [4.78, 5) is 7.64. The Bertz CT molecular complexity index is 1220. The van der Waals surface area contributed by atoms with E-state index >= 15 is 0 Å². The predicted molar refractivity (Wildman–Crippen MR) is 101 cm³/mol. The average Bonchev–Trinajstić information content (AvgIpc) is 3.34. The molecule has 5 rings (SSSR count). The standard InChI is InChI=1S/C21H16N4O2/c1-2-8-17-16(7-1)15(12-23-17)11-19-24-25-20(27-19)13-26-18-9-3-5-14-6-4-10-22-21(14)18/h1-10,12,23H,11,13H2. The monoisotopic (exact) mass is 356 g/mol. The highest BCUT2D eigenvalue weighted by atomic mass is 16.5. The van der Waals surface area contributed by atoms with Crippen LogP contribution in [0.1, 0.15) is 17.3 Å². The summed E-state index contributed by atoms with van der Waals surface area (Å²) in [5.74, 6) is 1.71. The molecule has 0 aliphatic rings. The number of aromatic amines is 1. The third-order valence-corrected chi connectivity index (χ3v) is 4.47. The van der Waals surface area contributed by atoms with Crippen LogP contribution in [0.25, 0.3) is 21.8 Å². The van der Waals surface area contributed by atoms with Gasteiger partial charge in [0.05, 0.1) is 6.42 Å². The van der Waals surface area contributed by atoms with Crippen LogP contribution in [0.2, 0.25) is 0 Å². The highest BCUT2D eigenvalue weighted by Gasteiger charge is 2.11. The molecular weight excluding hydrogens is 340 g/mol. The Hall–Kier alpha value is -3.67. The van der Waals surface area contributed by atoms with Gasteiger partial charge in [-0.05, 0) is 23.8 Å². The summed E-state index contributed by atoms with van der Waals surface area (Å²) < 4.78 is 11.6. The Morgan fingerprint density at radius 1 is 0.926 bits per heavy atom. The van der Waals surface area contributed by atoms with Crippen LogP contribution in [0.15, 0.2) is 71.4 Å². The Labute approximate surface area is 154 Å². The highest BCUT2D eigenvalue weighted by molar-refractivity contribution is 5.84. The molecule has 132 valence electrons. The van der Waals surface area contributed by atoms with Crippen LogP contribution >= 0.6 is 0 Å². The van der Waals surface area contributed by atoms with Crippen molar-refractivity contribution in [3.8, 4) is 5.75 Å². The zero-order valence-electron chi connectivity index (χ0n) is 14.4. The van der Waals surface area contributed by atoms with Crippen LogP contribution in [0.5, 0.6) is 5.75 Å². The molecule has 0 atom stereocenters. The number of hydrogen-bond donors (Lipinski definition) is 1. The number of para-hydroxylation sites is 2. The van der Waals surface area contributed by atoms with E-state index in [1.165, 1.54) is 0 Å². The third-order valence-electron chi connectivity index (χ3n) is 4.47. The van der Waals surface area contributed by atoms with Crippen molar-refractivity contribution < 1.29 is 9.15 Å². The maximum absolute atomic E-state index is 5.86. The van der Waals surface area contributed by atoms with E-state index in [-0.39, 0.29) is 6.61 Å². The molecule has 5 aromatic rings. The van der Waals surface area contributed by atoms with Crippen molar-refractivity contribution in [3.63, 3.8) is 0 Å². The first-order valence-electron chi connectivity index (χ1n) is 8.69. The topological polar surface area (TPSA) is 76.8 Å². The maximum Gasteiger partial charge on any atom is 0.253 e. The molecule has 0 bridgehead atoms. The van der Waals surface area contributed by atoms with E-state index in [4.69, 9.17) is 9.15 Å². The zero-order valence-corrected chi connectivity index (χ0v) is 14.4. The fraction of sp³-hybridized carbons (Fsp3) is 0.0952. The van der Waals surface area contributed by atoms with Crippen molar-refractivity contribution in [1.29, 1.82) is 0 Å². The molecule has 0 amide bonds. The van der Waals surface area contributed by atoms with E-state index in [0.717, 1.165) is 27.4 Å². The largest absolute Gasteiger partial charge is 0.482 e. The number of hydrogen-bond acceptors (Lipinski definition) is 5. The van der Waals surface area contributed by atoms with Gasteiger partial charge in [0.2, 0.25) is 5.89 Å².